The minimum absolute atomic E-state index is 0.0617. The molecule has 2 unspecified atom stereocenters. The molecule has 2 N–H and O–H groups in total. The molecule has 1 fully saturated rings. The number of benzene rings is 1. The van der Waals surface area contributed by atoms with E-state index in [1.165, 1.54) is 0 Å². The van der Waals surface area contributed by atoms with E-state index in [1.807, 2.05) is 0 Å². The van der Waals surface area contributed by atoms with Gasteiger partial charge in [-0.3, -0.25) is 4.79 Å². The van der Waals surface area contributed by atoms with Gasteiger partial charge in [0.25, 0.3) is 0 Å². The Morgan fingerprint density at radius 2 is 2.11 bits per heavy atom. The minimum Gasteiger partial charge on any atom is -0.380 e. The Kier molecular flexibility index (Phi) is 5.09. The van der Waals surface area contributed by atoms with Crippen molar-refractivity contribution in [1.82, 2.24) is 5.32 Å². The van der Waals surface area contributed by atoms with Crippen molar-refractivity contribution in [1.29, 1.82) is 0 Å². The first kappa shape index (κ1) is 15.1. The topological polar surface area (TPSA) is 50.4 Å². The predicted octanol–water partition coefficient (Wildman–Crippen LogP) is 3.07. The first-order chi connectivity index (χ1) is 9.01. The molecule has 0 bridgehead atoms. The van der Waals surface area contributed by atoms with Crippen LogP contribution in [0.2, 0.25) is 10.0 Å². The highest BCUT2D eigenvalue weighted by Crippen LogP contribution is 2.34. The Morgan fingerprint density at radius 1 is 1.47 bits per heavy atom. The number of carbonyl (C=O) groups excluding carboxylic acids is 1. The first-order valence-corrected chi connectivity index (χ1v) is 7.27. The molecule has 1 aliphatic heterocycles. The zero-order valence-electron chi connectivity index (χ0n) is 10.2. The quantitative estimate of drug-likeness (QED) is 0.863. The summed E-state index contributed by atoms with van der Waals surface area (Å²) in [6.07, 6.45) is 0.695. The van der Waals surface area contributed by atoms with Crippen LogP contribution in [0.5, 0.6) is 0 Å². The van der Waals surface area contributed by atoms with Crippen molar-refractivity contribution in [3.63, 3.8) is 0 Å². The number of halogens is 3. The highest BCUT2D eigenvalue weighted by molar-refractivity contribution is 9.10. The van der Waals surface area contributed by atoms with Crippen LogP contribution < -0.4 is 10.6 Å². The van der Waals surface area contributed by atoms with E-state index >= 15 is 0 Å². The third-order valence-corrected chi connectivity index (χ3v) is 4.05. The number of amides is 1. The lowest BCUT2D eigenvalue weighted by Crippen LogP contribution is -2.35. The second-order valence-electron chi connectivity index (χ2n) is 4.29. The molecule has 1 aromatic carbocycles. The molecule has 104 valence electrons. The number of carbonyl (C=O) groups is 1. The van der Waals surface area contributed by atoms with Crippen molar-refractivity contribution in [3.8, 4) is 0 Å². The van der Waals surface area contributed by atoms with Gasteiger partial charge in [0.15, 0.2) is 0 Å². The Hall–Kier alpha value is -0.330. The van der Waals surface area contributed by atoms with Crippen LogP contribution in [0.15, 0.2) is 16.6 Å². The van der Waals surface area contributed by atoms with Gasteiger partial charge in [-0.2, -0.15) is 0 Å². The van der Waals surface area contributed by atoms with Gasteiger partial charge < -0.3 is 15.4 Å². The molecule has 1 aromatic rings. The van der Waals surface area contributed by atoms with Crippen molar-refractivity contribution < 1.29 is 9.53 Å². The lowest BCUT2D eigenvalue weighted by Gasteiger charge is -2.14. The van der Waals surface area contributed by atoms with Gasteiger partial charge in [-0.25, -0.2) is 0 Å². The van der Waals surface area contributed by atoms with Gasteiger partial charge in [0.1, 0.15) is 0 Å². The molecule has 1 amide bonds. The van der Waals surface area contributed by atoms with Gasteiger partial charge >= 0.3 is 0 Å². The SMILES string of the molecule is COC1CNC(C(=O)Nc2c(Cl)cc(Br)cc2Cl)C1. The second-order valence-corrected chi connectivity index (χ2v) is 6.02. The summed E-state index contributed by atoms with van der Waals surface area (Å²) in [5.74, 6) is -0.161. The summed E-state index contributed by atoms with van der Waals surface area (Å²) in [7, 11) is 1.63. The van der Waals surface area contributed by atoms with Gasteiger partial charge in [0, 0.05) is 18.1 Å². The Balaban J connectivity index is 2.08. The fourth-order valence-electron chi connectivity index (χ4n) is 1.95. The molecule has 2 rings (SSSR count). The predicted molar refractivity (Wildman–Crippen MR) is 80.0 cm³/mol. The average molecular weight is 368 g/mol. The van der Waals surface area contributed by atoms with Crippen LogP contribution in [0.1, 0.15) is 6.42 Å². The summed E-state index contributed by atoms with van der Waals surface area (Å²) in [6, 6.07) is 3.08. The zero-order valence-corrected chi connectivity index (χ0v) is 13.3. The second kappa shape index (κ2) is 6.41. The van der Waals surface area contributed by atoms with E-state index in [0.717, 1.165) is 4.47 Å². The summed E-state index contributed by atoms with van der Waals surface area (Å²) in [5, 5.41) is 6.64. The number of hydrogen-bond donors (Lipinski definition) is 2. The largest absolute Gasteiger partial charge is 0.380 e. The molecule has 0 aromatic heterocycles. The minimum atomic E-state index is -0.291. The number of ether oxygens (including phenoxy) is 1. The van der Waals surface area contributed by atoms with Crippen LogP contribution >= 0.6 is 39.1 Å². The molecule has 0 spiro atoms. The lowest BCUT2D eigenvalue weighted by atomic mass is 10.2. The normalized spacial score (nSPS) is 22.5. The molecule has 0 radical (unpaired) electrons. The van der Waals surface area contributed by atoms with Gasteiger partial charge in [0.2, 0.25) is 5.91 Å². The van der Waals surface area contributed by atoms with Crippen molar-refractivity contribution in [2.75, 3.05) is 19.0 Å². The maximum atomic E-state index is 12.1. The van der Waals surface area contributed by atoms with Crippen LogP contribution in [0.3, 0.4) is 0 Å². The molecule has 19 heavy (non-hydrogen) atoms. The Labute approximate surface area is 129 Å². The highest BCUT2D eigenvalue weighted by Gasteiger charge is 2.29. The Morgan fingerprint density at radius 3 is 2.63 bits per heavy atom. The van der Waals surface area contributed by atoms with Crippen molar-refractivity contribution in [3.05, 3.63) is 26.7 Å². The van der Waals surface area contributed by atoms with E-state index in [2.05, 4.69) is 26.6 Å². The number of nitrogens with one attached hydrogen (secondary N) is 2. The molecule has 0 saturated carbocycles. The number of hydrogen-bond acceptors (Lipinski definition) is 3. The van der Waals surface area contributed by atoms with E-state index in [4.69, 9.17) is 27.9 Å². The summed E-state index contributed by atoms with van der Waals surface area (Å²) in [6.45, 7) is 0.663. The van der Waals surface area contributed by atoms with Crippen LogP contribution in [-0.2, 0) is 9.53 Å². The molecule has 4 nitrogen and oxygen atoms in total. The van der Waals surface area contributed by atoms with Crippen LogP contribution in [-0.4, -0.2) is 31.7 Å². The van der Waals surface area contributed by atoms with Gasteiger partial charge in [0.05, 0.1) is 27.9 Å². The van der Waals surface area contributed by atoms with E-state index in [1.54, 1.807) is 19.2 Å². The molecule has 0 aliphatic carbocycles. The third kappa shape index (κ3) is 3.61. The standard InChI is InChI=1S/C12H13BrCl2N2O2/c1-19-7-4-10(16-5-7)12(18)17-11-8(14)2-6(13)3-9(11)15/h2-3,7,10,16H,4-5H2,1H3,(H,17,18). The van der Waals surface area contributed by atoms with E-state index in [0.29, 0.717) is 28.7 Å². The smallest absolute Gasteiger partial charge is 0.241 e. The molecular formula is C12H13BrCl2N2O2. The fourth-order valence-corrected chi connectivity index (χ4v) is 3.26. The van der Waals surface area contributed by atoms with Crippen molar-refractivity contribution >= 4 is 50.7 Å². The van der Waals surface area contributed by atoms with Gasteiger partial charge in [-0.15, -0.1) is 0 Å². The Bertz CT molecular complexity index is 476. The molecule has 7 heteroatoms. The fraction of sp³-hybridized carbons (Fsp3) is 0.417. The average Bonchev–Trinajstić information content (AvgIpc) is 2.82. The molecule has 1 saturated heterocycles. The summed E-state index contributed by atoms with van der Waals surface area (Å²) >= 11 is 15.4. The van der Waals surface area contributed by atoms with Crippen LogP contribution in [0.4, 0.5) is 5.69 Å². The number of methoxy groups -OCH3 is 1. The van der Waals surface area contributed by atoms with Crippen molar-refractivity contribution in [2.45, 2.75) is 18.6 Å². The van der Waals surface area contributed by atoms with Gasteiger partial charge in [-0.05, 0) is 18.6 Å². The number of anilines is 1. The van der Waals surface area contributed by atoms with Crippen molar-refractivity contribution in [2.24, 2.45) is 0 Å². The van der Waals surface area contributed by atoms with Crippen LogP contribution in [0.25, 0.3) is 0 Å². The summed E-state index contributed by atoms with van der Waals surface area (Å²) < 4.78 is 5.97. The molecule has 2 atom stereocenters. The highest BCUT2D eigenvalue weighted by atomic mass is 79.9. The molecule has 1 heterocycles. The van der Waals surface area contributed by atoms with E-state index < -0.39 is 0 Å². The third-order valence-electron chi connectivity index (χ3n) is 3.00. The van der Waals surface area contributed by atoms with E-state index in [-0.39, 0.29) is 18.1 Å². The maximum Gasteiger partial charge on any atom is 0.241 e. The number of rotatable bonds is 3. The van der Waals surface area contributed by atoms with E-state index in [9.17, 15) is 4.79 Å². The van der Waals surface area contributed by atoms with Crippen LogP contribution in [0, 0.1) is 0 Å². The zero-order chi connectivity index (χ0) is 14.0. The first-order valence-electron chi connectivity index (χ1n) is 5.73. The maximum absolute atomic E-state index is 12.1. The molecule has 1 aliphatic rings. The molecular weight excluding hydrogens is 355 g/mol. The van der Waals surface area contributed by atoms with Gasteiger partial charge in [-0.1, -0.05) is 39.1 Å². The lowest BCUT2D eigenvalue weighted by molar-refractivity contribution is -0.118. The summed E-state index contributed by atoms with van der Waals surface area (Å²) in [5.41, 5.74) is 0.430. The monoisotopic (exact) mass is 366 g/mol. The summed E-state index contributed by atoms with van der Waals surface area (Å²) in [4.78, 5) is 12.1.